The number of fused-ring (bicyclic) bond motifs is 1. The van der Waals surface area contributed by atoms with Crippen LogP contribution in [0, 0.1) is 0 Å². The molecule has 2 N–H and O–H groups in total. The Morgan fingerprint density at radius 3 is 2.43 bits per heavy atom. The Hall–Kier alpha value is -3.94. The van der Waals surface area contributed by atoms with Gasteiger partial charge in [0.25, 0.3) is 0 Å². The Morgan fingerprint density at radius 2 is 1.71 bits per heavy atom. The molecular formula is C28H28N4O3. The average molecular weight is 469 g/mol. The molecule has 7 nitrogen and oxygen atoms in total. The van der Waals surface area contributed by atoms with E-state index in [1.165, 1.54) is 0 Å². The zero-order valence-electron chi connectivity index (χ0n) is 19.7. The smallest absolute Gasteiger partial charge is 0.323 e. The minimum absolute atomic E-state index is 0.304. The second-order valence-electron chi connectivity index (χ2n) is 8.44. The predicted octanol–water partition coefficient (Wildman–Crippen LogP) is 5.39. The van der Waals surface area contributed by atoms with Crippen LogP contribution in [0.25, 0.3) is 21.9 Å². The van der Waals surface area contributed by atoms with Crippen molar-refractivity contribution in [2.75, 3.05) is 44.0 Å². The number of urea groups is 1. The molecule has 35 heavy (non-hydrogen) atoms. The maximum absolute atomic E-state index is 12.7. The molecule has 7 heteroatoms. The Labute approximate surface area is 204 Å². The van der Waals surface area contributed by atoms with Crippen LogP contribution in [-0.2, 0) is 11.3 Å². The Balaban J connectivity index is 1.34. The van der Waals surface area contributed by atoms with Crippen LogP contribution in [0.1, 0.15) is 5.69 Å². The number of methoxy groups -OCH3 is 1. The maximum Gasteiger partial charge on any atom is 0.323 e. The number of nitrogens with zero attached hydrogens (tertiary/aromatic N) is 2. The number of nitrogens with one attached hydrogen (secondary N) is 2. The molecule has 0 bridgehead atoms. The first-order valence-corrected chi connectivity index (χ1v) is 11.7. The number of pyridine rings is 1. The molecule has 178 valence electrons. The number of amides is 2. The van der Waals surface area contributed by atoms with E-state index in [0.29, 0.717) is 5.69 Å². The monoisotopic (exact) mass is 468 g/mol. The van der Waals surface area contributed by atoms with Crippen molar-refractivity contribution in [3.8, 4) is 16.9 Å². The van der Waals surface area contributed by atoms with Gasteiger partial charge in [-0.1, -0.05) is 36.4 Å². The van der Waals surface area contributed by atoms with Crippen LogP contribution in [-0.4, -0.2) is 49.3 Å². The zero-order valence-corrected chi connectivity index (χ0v) is 19.7. The molecule has 2 heterocycles. The molecule has 0 aliphatic carbocycles. The summed E-state index contributed by atoms with van der Waals surface area (Å²) in [5, 5.41) is 7.87. The summed E-state index contributed by atoms with van der Waals surface area (Å²) < 4.78 is 10.6. The van der Waals surface area contributed by atoms with Crippen LogP contribution < -0.4 is 15.4 Å². The fourth-order valence-electron chi connectivity index (χ4n) is 4.28. The van der Waals surface area contributed by atoms with Crippen molar-refractivity contribution in [2.24, 2.45) is 0 Å². The number of aromatic nitrogens is 1. The summed E-state index contributed by atoms with van der Waals surface area (Å²) in [6.45, 7) is 4.27. The molecule has 0 atom stereocenters. The molecule has 3 aromatic carbocycles. The zero-order chi connectivity index (χ0) is 24.0. The van der Waals surface area contributed by atoms with Gasteiger partial charge in [0.1, 0.15) is 5.75 Å². The Kier molecular flexibility index (Phi) is 6.88. The summed E-state index contributed by atoms with van der Waals surface area (Å²) in [6, 6.07) is 23.2. The van der Waals surface area contributed by atoms with E-state index in [2.05, 4.69) is 33.7 Å². The first-order chi connectivity index (χ1) is 17.2. The second kappa shape index (κ2) is 10.5. The van der Waals surface area contributed by atoms with Crippen LogP contribution >= 0.6 is 0 Å². The van der Waals surface area contributed by atoms with Crippen molar-refractivity contribution in [2.45, 2.75) is 6.54 Å². The summed E-state index contributed by atoms with van der Waals surface area (Å²) in [5.41, 5.74) is 4.60. The lowest BCUT2D eigenvalue weighted by atomic mass is 9.98. The van der Waals surface area contributed by atoms with Gasteiger partial charge in [-0.2, -0.15) is 0 Å². The number of anilines is 2. The van der Waals surface area contributed by atoms with Crippen LogP contribution in [0.5, 0.6) is 5.75 Å². The van der Waals surface area contributed by atoms with E-state index >= 15 is 0 Å². The molecule has 2 amide bonds. The van der Waals surface area contributed by atoms with E-state index < -0.39 is 0 Å². The van der Waals surface area contributed by atoms with Gasteiger partial charge in [-0.25, -0.2) is 4.79 Å². The lowest BCUT2D eigenvalue weighted by molar-refractivity contribution is 0.0336. The van der Waals surface area contributed by atoms with Crippen molar-refractivity contribution in [3.63, 3.8) is 0 Å². The highest BCUT2D eigenvalue weighted by Gasteiger charge is 2.13. The third-order valence-electron chi connectivity index (χ3n) is 6.15. The number of hydrogen-bond acceptors (Lipinski definition) is 5. The minimum atomic E-state index is -0.304. The van der Waals surface area contributed by atoms with Crippen molar-refractivity contribution in [3.05, 3.63) is 84.7 Å². The highest BCUT2D eigenvalue weighted by molar-refractivity contribution is 6.09. The van der Waals surface area contributed by atoms with Gasteiger partial charge in [-0.3, -0.25) is 9.88 Å². The third-order valence-corrected chi connectivity index (χ3v) is 6.15. The molecule has 1 aliphatic heterocycles. The lowest BCUT2D eigenvalue weighted by Gasteiger charge is -2.26. The van der Waals surface area contributed by atoms with Gasteiger partial charge in [-0.15, -0.1) is 0 Å². The molecule has 1 fully saturated rings. The van der Waals surface area contributed by atoms with Gasteiger partial charge in [0, 0.05) is 42.5 Å². The number of benzene rings is 3. The number of carbonyl (C=O) groups is 1. The SMILES string of the molecule is COc1ccc(NC(=O)Nc2ccc(-c3ccc(CN4CCOCC4)nc3)c3ccccc23)cc1. The number of carbonyl (C=O) groups excluding carboxylic acids is 1. The molecule has 0 saturated carbocycles. The largest absolute Gasteiger partial charge is 0.497 e. The van der Waals surface area contributed by atoms with E-state index in [9.17, 15) is 4.79 Å². The molecule has 0 radical (unpaired) electrons. The van der Waals surface area contributed by atoms with Crippen LogP contribution in [0.4, 0.5) is 16.2 Å². The highest BCUT2D eigenvalue weighted by atomic mass is 16.5. The summed E-state index contributed by atoms with van der Waals surface area (Å²) in [6.07, 6.45) is 1.93. The second-order valence-corrected chi connectivity index (χ2v) is 8.44. The number of morpholine rings is 1. The fourth-order valence-corrected chi connectivity index (χ4v) is 4.28. The van der Waals surface area contributed by atoms with Gasteiger partial charge >= 0.3 is 6.03 Å². The van der Waals surface area contributed by atoms with Crippen molar-refractivity contribution < 1.29 is 14.3 Å². The third kappa shape index (κ3) is 5.42. The quantitative estimate of drug-likeness (QED) is 0.397. The average Bonchev–Trinajstić information content (AvgIpc) is 2.90. The van der Waals surface area contributed by atoms with Gasteiger partial charge in [-0.05, 0) is 47.3 Å². The first-order valence-electron chi connectivity index (χ1n) is 11.7. The van der Waals surface area contributed by atoms with E-state index in [4.69, 9.17) is 14.5 Å². The van der Waals surface area contributed by atoms with Crippen LogP contribution in [0.3, 0.4) is 0 Å². The molecule has 4 aromatic rings. The normalized spacial score (nSPS) is 14.0. The standard InChI is InChI=1S/C28H28N4O3/c1-34-23-10-8-21(9-11-23)30-28(33)31-27-13-12-24(25-4-2-3-5-26(25)27)20-6-7-22(29-18-20)19-32-14-16-35-17-15-32/h2-13,18H,14-17,19H2,1H3,(H2,30,31,33). The van der Waals surface area contributed by atoms with Gasteiger partial charge in [0.05, 0.1) is 31.7 Å². The first kappa shape index (κ1) is 22.8. The van der Waals surface area contributed by atoms with Crippen LogP contribution in [0.2, 0.25) is 0 Å². The number of rotatable bonds is 6. The topological polar surface area (TPSA) is 75.7 Å². The summed E-state index contributed by atoms with van der Waals surface area (Å²) in [7, 11) is 1.61. The summed E-state index contributed by atoms with van der Waals surface area (Å²) in [5.74, 6) is 0.737. The molecule has 5 rings (SSSR count). The van der Waals surface area contributed by atoms with Crippen LogP contribution in [0.15, 0.2) is 79.0 Å². The molecule has 1 saturated heterocycles. The van der Waals surface area contributed by atoms with E-state index in [1.807, 2.05) is 36.5 Å². The summed E-state index contributed by atoms with van der Waals surface area (Å²) in [4.78, 5) is 19.7. The Bertz CT molecular complexity index is 1300. The predicted molar refractivity (Wildman–Crippen MR) is 139 cm³/mol. The van der Waals surface area contributed by atoms with E-state index in [-0.39, 0.29) is 6.03 Å². The number of ether oxygens (including phenoxy) is 2. The molecule has 0 spiro atoms. The minimum Gasteiger partial charge on any atom is -0.497 e. The van der Waals surface area contributed by atoms with Crippen molar-refractivity contribution in [1.29, 1.82) is 0 Å². The highest BCUT2D eigenvalue weighted by Crippen LogP contribution is 2.33. The molecule has 1 aliphatic rings. The van der Waals surface area contributed by atoms with Gasteiger partial charge in [0.2, 0.25) is 0 Å². The van der Waals surface area contributed by atoms with E-state index in [1.54, 1.807) is 31.4 Å². The molecular weight excluding hydrogens is 440 g/mol. The lowest BCUT2D eigenvalue weighted by Crippen LogP contribution is -2.35. The molecule has 0 unspecified atom stereocenters. The van der Waals surface area contributed by atoms with E-state index in [0.717, 1.165) is 71.9 Å². The van der Waals surface area contributed by atoms with Gasteiger partial charge in [0.15, 0.2) is 0 Å². The summed E-state index contributed by atoms with van der Waals surface area (Å²) >= 11 is 0. The van der Waals surface area contributed by atoms with Crippen molar-refractivity contribution in [1.82, 2.24) is 9.88 Å². The Morgan fingerprint density at radius 1 is 0.943 bits per heavy atom. The maximum atomic E-state index is 12.7. The number of hydrogen-bond donors (Lipinski definition) is 2. The van der Waals surface area contributed by atoms with Gasteiger partial charge < -0.3 is 20.1 Å². The fraction of sp³-hybridized carbons (Fsp3) is 0.214. The molecule has 1 aromatic heterocycles. The van der Waals surface area contributed by atoms with Crippen molar-refractivity contribution >= 4 is 28.2 Å².